The summed E-state index contributed by atoms with van der Waals surface area (Å²) in [5, 5.41) is 7.46. The van der Waals surface area contributed by atoms with Crippen LogP contribution < -0.4 is 10.6 Å². The van der Waals surface area contributed by atoms with E-state index in [9.17, 15) is 4.79 Å². The van der Waals surface area contributed by atoms with Crippen molar-refractivity contribution in [2.75, 3.05) is 31.6 Å². The summed E-state index contributed by atoms with van der Waals surface area (Å²) in [6.45, 7) is 3.71. The standard InChI is InChI=1S/C28H31N7O2/c36-27(31-20-4-7-22(8-5-20)35-13-15-37-16-14-35)26-18-19-17-21(6-9-23(19)33-26)32-28-30-12-10-25(34-28)24-3-1-2-11-29-24/h1-3,6,9-12,17-18,20,22,33H,4-5,7-8,13-16H2,(H,31,36)(H,30,32,34). The number of anilines is 2. The maximum absolute atomic E-state index is 13.0. The van der Waals surface area contributed by atoms with E-state index in [1.165, 1.54) is 0 Å². The van der Waals surface area contributed by atoms with E-state index in [4.69, 9.17) is 4.74 Å². The molecule has 9 heteroatoms. The Morgan fingerprint density at radius 3 is 2.62 bits per heavy atom. The number of aromatic amines is 1. The number of benzene rings is 1. The molecule has 3 N–H and O–H groups in total. The Hall–Kier alpha value is -3.82. The van der Waals surface area contributed by atoms with Crippen molar-refractivity contribution in [3.8, 4) is 11.4 Å². The van der Waals surface area contributed by atoms with E-state index in [2.05, 4.69) is 35.5 Å². The number of amides is 1. The van der Waals surface area contributed by atoms with Gasteiger partial charge in [-0.2, -0.15) is 0 Å². The van der Waals surface area contributed by atoms with Crippen LogP contribution in [0.25, 0.3) is 22.3 Å². The lowest BCUT2D eigenvalue weighted by Gasteiger charge is -2.38. The van der Waals surface area contributed by atoms with E-state index in [0.717, 1.165) is 80.0 Å². The average Bonchev–Trinajstić information content (AvgIpc) is 3.38. The molecule has 0 atom stereocenters. The van der Waals surface area contributed by atoms with Crippen molar-refractivity contribution in [3.05, 3.63) is 66.6 Å². The summed E-state index contributed by atoms with van der Waals surface area (Å²) in [6, 6.07) is 16.2. The number of hydrogen-bond donors (Lipinski definition) is 3. The van der Waals surface area contributed by atoms with E-state index < -0.39 is 0 Å². The van der Waals surface area contributed by atoms with Crippen LogP contribution in [0.2, 0.25) is 0 Å². The Morgan fingerprint density at radius 1 is 0.946 bits per heavy atom. The maximum Gasteiger partial charge on any atom is 0.267 e. The summed E-state index contributed by atoms with van der Waals surface area (Å²) in [5.41, 5.74) is 3.88. The average molecular weight is 498 g/mol. The number of hydrogen-bond acceptors (Lipinski definition) is 7. The molecule has 1 saturated carbocycles. The molecule has 0 bridgehead atoms. The number of pyridine rings is 1. The molecule has 6 rings (SSSR count). The number of aromatic nitrogens is 4. The van der Waals surface area contributed by atoms with Gasteiger partial charge >= 0.3 is 0 Å². The fourth-order valence-corrected chi connectivity index (χ4v) is 5.33. The molecule has 1 aliphatic heterocycles. The van der Waals surface area contributed by atoms with E-state index in [-0.39, 0.29) is 11.9 Å². The zero-order valence-corrected chi connectivity index (χ0v) is 20.7. The third-order valence-corrected chi connectivity index (χ3v) is 7.30. The molecule has 0 spiro atoms. The Morgan fingerprint density at radius 2 is 1.81 bits per heavy atom. The van der Waals surface area contributed by atoms with Crippen LogP contribution in [0.1, 0.15) is 36.2 Å². The van der Waals surface area contributed by atoms with Crippen LogP contribution in [0.4, 0.5) is 11.6 Å². The first-order valence-electron chi connectivity index (χ1n) is 13.0. The fraction of sp³-hybridized carbons (Fsp3) is 0.357. The number of rotatable bonds is 6. The van der Waals surface area contributed by atoms with Gasteiger partial charge < -0.3 is 20.4 Å². The van der Waals surface area contributed by atoms with Gasteiger partial charge in [-0.25, -0.2) is 9.97 Å². The molecule has 0 unspecified atom stereocenters. The second-order valence-electron chi connectivity index (χ2n) is 9.72. The van der Waals surface area contributed by atoms with Gasteiger partial charge in [-0.15, -0.1) is 0 Å². The van der Waals surface area contributed by atoms with E-state index >= 15 is 0 Å². The smallest absolute Gasteiger partial charge is 0.267 e. The van der Waals surface area contributed by atoms with Crippen molar-refractivity contribution < 1.29 is 9.53 Å². The van der Waals surface area contributed by atoms with Crippen LogP contribution in [0.3, 0.4) is 0 Å². The number of H-pyrrole nitrogens is 1. The van der Waals surface area contributed by atoms with E-state index in [1.54, 1.807) is 12.4 Å². The minimum Gasteiger partial charge on any atom is -0.379 e. The minimum atomic E-state index is -0.0491. The lowest BCUT2D eigenvalue weighted by molar-refractivity contribution is 0.00664. The predicted octanol–water partition coefficient (Wildman–Crippen LogP) is 4.14. The summed E-state index contributed by atoms with van der Waals surface area (Å²) in [4.78, 5) is 32.1. The molecule has 1 amide bonds. The van der Waals surface area contributed by atoms with Gasteiger partial charge in [0, 0.05) is 54.2 Å². The monoisotopic (exact) mass is 497 g/mol. The van der Waals surface area contributed by atoms with E-state index in [0.29, 0.717) is 17.7 Å². The van der Waals surface area contributed by atoms with Crippen LogP contribution >= 0.6 is 0 Å². The van der Waals surface area contributed by atoms with Crippen molar-refractivity contribution >= 4 is 28.4 Å². The molecule has 37 heavy (non-hydrogen) atoms. The highest BCUT2D eigenvalue weighted by atomic mass is 16.5. The summed E-state index contributed by atoms with van der Waals surface area (Å²) in [6.07, 6.45) is 7.73. The minimum absolute atomic E-state index is 0.0491. The number of nitrogens with one attached hydrogen (secondary N) is 3. The largest absolute Gasteiger partial charge is 0.379 e. The number of fused-ring (bicyclic) bond motifs is 1. The molecular weight excluding hydrogens is 466 g/mol. The van der Waals surface area contributed by atoms with Crippen LogP contribution in [-0.4, -0.2) is 69.1 Å². The highest BCUT2D eigenvalue weighted by Crippen LogP contribution is 2.26. The van der Waals surface area contributed by atoms with Gasteiger partial charge in [-0.05, 0) is 68.1 Å². The van der Waals surface area contributed by atoms with Gasteiger partial charge in [0.15, 0.2) is 0 Å². The number of carbonyl (C=O) groups excluding carboxylic acids is 1. The summed E-state index contributed by atoms with van der Waals surface area (Å²) < 4.78 is 5.48. The molecule has 1 aliphatic carbocycles. The number of nitrogens with zero attached hydrogens (tertiary/aromatic N) is 4. The lowest BCUT2D eigenvalue weighted by atomic mass is 9.90. The normalized spacial score (nSPS) is 20.5. The highest BCUT2D eigenvalue weighted by molar-refractivity contribution is 5.98. The molecule has 1 saturated heterocycles. The third kappa shape index (κ3) is 5.47. The van der Waals surface area contributed by atoms with Crippen molar-refractivity contribution in [3.63, 3.8) is 0 Å². The van der Waals surface area contributed by atoms with Crippen LogP contribution in [0, 0.1) is 0 Å². The molecule has 4 aromatic rings. The Balaban J connectivity index is 1.09. The molecule has 3 aromatic heterocycles. The van der Waals surface area contributed by atoms with Gasteiger partial charge in [0.25, 0.3) is 5.91 Å². The van der Waals surface area contributed by atoms with Crippen molar-refractivity contribution in [2.45, 2.75) is 37.8 Å². The zero-order valence-electron chi connectivity index (χ0n) is 20.7. The van der Waals surface area contributed by atoms with Crippen LogP contribution in [0.5, 0.6) is 0 Å². The molecule has 1 aromatic carbocycles. The summed E-state index contributed by atoms with van der Waals surface area (Å²) in [5.74, 6) is 0.440. The quantitative estimate of drug-likeness (QED) is 0.367. The Bertz CT molecular complexity index is 1360. The van der Waals surface area contributed by atoms with Crippen LogP contribution in [-0.2, 0) is 4.74 Å². The number of ether oxygens (including phenoxy) is 1. The molecule has 4 heterocycles. The molecule has 2 fully saturated rings. The topological polar surface area (TPSA) is 108 Å². The molecule has 190 valence electrons. The number of morpholine rings is 1. The van der Waals surface area contributed by atoms with Crippen molar-refractivity contribution in [1.82, 2.24) is 30.2 Å². The fourth-order valence-electron chi connectivity index (χ4n) is 5.33. The Labute approximate surface area is 215 Å². The summed E-state index contributed by atoms with van der Waals surface area (Å²) >= 11 is 0. The lowest BCUT2D eigenvalue weighted by Crippen LogP contribution is -2.47. The molecular formula is C28H31N7O2. The van der Waals surface area contributed by atoms with Crippen molar-refractivity contribution in [1.29, 1.82) is 0 Å². The van der Waals surface area contributed by atoms with Crippen molar-refractivity contribution in [2.24, 2.45) is 0 Å². The van der Waals surface area contributed by atoms with Gasteiger partial charge in [0.05, 0.1) is 24.6 Å². The third-order valence-electron chi connectivity index (χ3n) is 7.30. The predicted molar refractivity (Wildman–Crippen MR) is 143 cm³/mol. The van der Waals surface area contributed by atoms with Gasteiger partial charge in [0.1, 0.15) is 5.69 Å². The van der Waals surface area contributed by atoms with Gasteiger partial charge in [0.2, 0.25) is 5.95 Å². The van der Waals surface area contributed by atoms with Crippen LogP contribution in [0.15, 0.2) is 60.9 Å². The first-order chi connectivity index (χ1) is 18.2. The first-order valence-corrected chi connectivity index (χ1v) is 13.0. The second kappa shape index (κ2) is 10.7. The van der Waals surface area contributed by atoms with E-state index in [1.807, 2.05) is 48.5 Å². The zero-order chi connectivity index (χ0) is 25.0. The maximum atomic E-state index is 13.0. The highest BCUT2D eigenvalue weighted by Gasteiger charge is 2.28. The SMILES string of the molecule is O=C(NC1CCC(N2CCOCC2)CC1)c1cc2cc(Nc3nccc(-c4ccccn4)n3)ccc2[nH]1. The first kappa shape index (κ1) is 23.6. The number of carbonyl (C=O) groups is 1. The Kier molecular flexibility index (Phi) is 6.79. The molecule has 9 nitrogen and oxygen atoms in total. The summed E-state index contributed by atoms with van der Waals surface area (Å²) in [7, 11) is 0. The van der Waals surface area contributed by atoms with Gasteiger partial charge in [-0.1, -0.05) is 6.07 Å². The van der Waals surface area contributed by atoms with Gasteiger partial charge in [-0.3, -0.25) is 14.7 Å². The molecule has 0 radical (unpaired) electrons. The molecule has 2 aliphatic rings. The second-order valence-corrected chi connectivity index (χ2v) is 9.72.